The molecule has 1 aliphatic rings. The zero-order valence-corrected chi connectivity index (χ0v) is 15.7. The van der Waals surface area contributed by atoms with Crippen molar-refractivity contribution in [2.75, 3.05) is 0 Å². The Balaban J connectivity index is 2.20. The summed E-state index contributed by atoms with van der Waals surface area (Å²) in [5.41, 5.74) is 6.16. The van der Waals surface area contributed by atoms with Gasteiger partial charge < -0.3 is 0 Å². The van der Waals surface area contributed by atoms with Crippen LogP contribution in [0.2, 0.25) is 0 Å². The van der Waals surface area contributed by atoms with Crippen LogP contribution in [0.25, 0.3) is 5.57 Å². The summed E-state index contributed by atoms with van der Waals surface area (Å²) in [6.45, 7) is 4.38. The average molecular weight is 417 g/mol. The van der Waals surface area contributed by atoms with Gasteiger partial charge in [0, 0.05) is 0 Å². The molecule has 3 heteroatoms. The second-order valence-electron chi connectivity index (χ2n) is 5.62. The molecular formula is C19H17Cl2Ru+. The molecule has 0 aliphatic heterocycles. The minimum absolute atomic E-state index is 0.486. The van der Waals surface area contributed by atoms with Gasteiger partial charge in [-0.3, -0.25) is 0 Å². The van der Waals surface area contributed by atoms with Crippen LogP contribution >= 0.6 is 19.4 Å². The van der Waals surface area contributed by atoms with Crippen molar-refractivity contribution >= 4 is 29.1 Å². The minimum atomic E-state index is -1.98. The zero-order chi connectivity index (χ0) is 15.7. The van der Waals surface area contributed by atoms with Crippen LogP contribution in [0.3, 0.4) is 0 Å². The predicted octanol–water partition coefficient (Wildman–Crippen LogP) is 5.79. The zero-order valence-electron chi connectivity index (χ0n) is 12.5. The molecule has 0 heterocycles. The Hall–Kier alpha value is -0.877. The van der Waals surface area contributed by atoms with E-state index in [2.05, 4.69) is 68.8 Å². The fourth-order valence-corrected chi connectivity index (χ4v) is 5.29. The van der Waals surface area contributed by atoms with Gasteiger partial charge in [-0.2, -0.15) is 0 Å². The van der Waals surface area contributed by atoms with E-state index in [9.17, 15) is 0 Å². The second kappa shape index (κ2) is 6.71. The topological polar surface area (TPSA) is 0 Å². The maximum atomic E-state index is 6.39. The van der Waals surface area contributed by atoms with Crippen LogP contribution in [0.4, 0.5) is 0 Å². The van der Waals surface area contributed by atoms with Crippen molar-refractivity contribution in [3.05, 3.63) is 83.3 Å². The SMILES string of the molecule is CC(C)[CH+]c1cccc2c1[C](=[Ru]([Cl])[Cl])C=C2c1ccccc1. The predicted molar refractivity (Wildman–Crippen MR) is 94.0 cm³/mol. The molecule has 114 valence electrons. The Morgan fingerprint density at radius 3 is 2.32 bits per heavy atom. The normalized spacial score (nSPS) is 14.0. The van der Waals surface area contributed by atoms with Crippen LogP contribution in [-0.4, -0.2) is 4.11 Å². The van der Waals surface area contributed by atoms with Crippen LogP contribution in [0.5, 0.6) is 0 Å². The molecule has 0 spiro atoms. The summed E-state index contributed by atoms with van der Waals surface area (Å²) in [5.74, 6) is 0.486. The first-order chi connectivity index (χ1) is 10.6. The summed E-state index contributed by atoms with van der Waals surface area (Å²) >= 11 is -1.98. The Bertz CT molecular complexity index is 754. The first-order valence-corrected chi connectivity index (χ1v) is 12.5. The molecule has 0 aromatic heterocycles. The molecule has 0 nitrogen and oxygen atoms in total. The van der Waals surface area contributed by atoms with Crippen molar-refractivity contribution in [3.8, 4) is 0 Å². The Labute approximate surface area is 145 Å². The molecule has 1 aliphatic carbocycles. The van der Waals surface area contributed by atoms with Gasteiger partial charge in [-0.05, 0) is 0 Å². The van der Waals surface area contributed by atoms with Gasteiger partial charge in [-0.25, -0.2) is 0 Å². The molecule has 0 saturated heterocycles. The first-order valence-electron chi connectivity index (χ1n) is 7.20. The molecule has 0 amide bonds. The van der Waals surface area contributed by atoms with E-state index >= 15 is 0 Å². The molecule has 2 aromatic carbocycles. The van der Waals surface area contributed by atoms with Crippen LogP contribution < -0.4 is 0 Å². The fraction of sp³-hybridized carbons (Fsp3) is 0.158. The number of halogens is 2. The first kappa shape index (κ1) is 16.0. The summed E-state index contributed by atoms with van der Waals surface area (Å²) in [6.07, 6.45) is 4.47. The standard InChI is InChI=1S/C19H17.2ClH.Ru/c1-14(2)13-16-9-6-10-19-17(11-12-18(16)19)15-7-4-3-5-8-15;;;/h3-11,13-14H,1-2H3;2*1H;/q+1;;;+2/p-2. The number of allylic oxidation sites excluding steroid dienone is 1. The van der Waals surface area contributed by atoms with Crippen molar-refractivity contribution in [1.82, 2.24) is 0 Å². The Kier molecular flexibility index (Phi) is 4.88. The molecule has 0 atom stereocenters. The summed E-state index contributed by atoms with van der Waals surface area (Å²) in [7, 11) is 12.8. The van der Waals surface area contributed by atoms with E-state index < -0.39 is 13.5 Å². The van der Waals surface area contributed by atoms with Crippen molar-refractivity contribution in [3.63, 3.8) is 0 Å². The van der Waals surface area contributed by atoms with E-state index in [0.717, 1.165) is 4.11 Å². The van der Waals surface area contributed by atoms with Gasteiger partial charge in [0.15, 0.2) is 0 Å². The van der Waals surface area contributed by atoms with Crippen LogP contribution in [0.15, 0.2) is 54.6 Å². The number of benzene rings is 2. The van der Waals surface area contributed by atoms with Crippen molar-refractivity contribution in [1.29, 1.82) is 0 Å². The second-order valence-corrected chi connectivity index (χ2v) is 11.4. The monoisotopic (exact) mass is 417 g/mol. The summed E-state index contributed by atoms with van der Waals surface area (Å²) in [6, 6.07) is 16.9. The molecule has 0 unspecified atom stereocenters. The third kappa shape index (κ3) is 3.08. The molecule has 3 rings (SSSR count). The van der Waals surface area contributed by atoms with Gasteiger partial charge in [0.2, 0.25) is 0 Å². The van der Waals surface area contributed by atoms with E-state index in [0.29, 0.717) is 5.92 Å². The van der Waals surface area contributed by atoms with Gasteiger partial charge in [-0.1, -0.05) is 0 Å². The Morgan fingerprint density at radius 1 is 0.955 bits per heavy atom. The maximum absolute atomic E-state index is 6.39. The van der Waals surface area contributed by atoms with Crippen LogP contribution in [0.1, 0.15) is 36.1 Å². The van der Waals surface area contributed by atoms with Gasteiger partial charge in [0.05, 0.1) is 0 Å². The van der Waals surface area contributed by atoms with E-state index in [1.165, 1.54) is 27.8 Å². The number of hydrogen-bond donors (Lipinski definition) is 0. The molecule has 0 bridgehead atoms. The summed E-state index contributed by atoms with van der Waals surface area (Å²) < 4.78 is 1.13. The summed E-state index contributed by atoms with van der Waals surface area (Å²) in [4.78, 5) is 0. The third-order valence-electron chi connectivity index (χ3n) is 3.63. The molecule has 0 radical (unpaired) electrons. The number of fused-ring (bicyclic) bond motifs is 1. The van der Waals surface area contributed by atoms with Gasteiger partial charge in [0.1, 0.15) is 0 Å². The van der Waals surface area contributed by atoms with E-state index in [4.69, 9.17) is 19.4 Å². The molecule has 22 heavy (non-hydrogen) atoms. The van der Waals surface area contributed by atoms with Gasteiger partial charge in [0.25, 0.3) is 0 Å². The third-order valence-corrected chi connectivity index (χ3v) is 6.73. The Morgan fingerprint density at radius 2 is 1.68 bits per heavy atom. The van der Waals surface area contributed by atoms with E-state index in [-0.39, 0.29) is 0 Å². The quantitative estimate of drug-likeness (QED) is 0.438. The molecule has 0 saturated carbocycles. The van der Waals surface area contributed by atoms with E-state index in [1.54, 1.807) is 0 Å². The molecule has 0 N–H and O–H groups in total. The van der Waals surface area contributed by atoms with E-state index in [1.807, 2.05) is 6.07 Å². The fourth-order valence-electron chi connectivity index (χ4n) is 2.79. The number of rotatable bonds is 3. The van der Waals surface area contributed by atoms with Crippen molar-refractivity contribution in [2.24, 2.45) is 5.92 Å². The van der Waals surface area contributed by atoms with Gasteiger partial charge in [-0.15, -0.1) is 0 Å². The molecular weight excluding hydrogens is 400 g/mol. The molecule has 0 fully saturated rings. The molecule has 2 aromatic rings. The van der Waals surface area contributed by atoms with Crippen molar-refractivity contribution in [2.45, 2.75) is 13.8 Å². The van der Waals surface area contributed by atoms with Crippen molar-refractivity contribution < 1.29 is 13.5 Å². The van der Waals surface area contributed by atoms with Gasteiger partial charge >= 0.3 is 146 Å². The van der Waals surface area contributed by atoms with Crippen LogP contribution in [0, 0.1) is 12.3 Å². The summed E-state index contributed by atoms with van der Waals surface area (Å²) in [5, 5.41) is 0. The average Bonchev–Trinajstić information content (AvgIpc) is 2.88. The van der Waals surface area contributed by atoms with Crippen LogP contribution in [-0.2, 0) is 13.5 Å². The number of hydrogen-bond acceptors (Lipinski definition) is 0.